The van der Waals surface area contributed by atoms with Crippen LogP contribution in [0, 0.1) is 0 Å². The second kappa shape index (κ2) is 2.89. The van der Waals surface area contributed by atoms with Crippen molar-refractivity contribution in [3.8, 4) is 0 Å². The summed E-state index contributed by atoms with van der Waals surface area (Å²) in [7, 11) is 1.77. The van der Waals surface area contributed by atoms with Crippen molar-refractivity contribution >= 4 is 0 Å². The van der Waals surface area contributed by atoms with Gasteiger partial charge in [0.05, 0.1) is 6.10 Å². The average molecular weight is 143 g/mol. The third-order valence-electron chi connectivity index (χ3n) is 2.30. The molecular weight excluding hydrogens is 126 g/mol. The number of ether oxygens (including phenoxy) is 1. The summed E-state index contributed by atoms with van der Waals surface area (Å²) in [5, 5.41) is 0. The Morgan fingerprint density at radius 1 is 1.60 bits per heavy atom. The van der Waals surface area contributed by atoms with E-state index in [1.807, 2.05) is 0 Å². The lowest BCUT2D eigenvalue weighted by Crippen LogP contribution is -2.43. The molecule has 2 N–H and O–H groups in total. The van der Waals surface area contributed by atoms with Gasteiger partial charge in [-0.1, -0.05) is 0 Å². The number of hydrogen-bond acceptors (Lipinski definition) is 2. The molecular formula is C8H17NO. The predicted octanol–water partition coefficient (Wildman–Crippen LogP) is 1.29. The van der Waals surface area contributed by atoms with Crippen LogP contribution in [0.3, 0.4) is 0 Å². The zero-order valence-corrected chi connectivity index (χ0v) is 6.89. The molecule has 1 saturated carbocycles. The van der Waals surface area contributed by atoms with Crippen molar-refractivity contribution < 1.29 is 4.74 Å². The van der Waals surface area contributed by atoms with Crippen LogP contribution < -0.4 is 5.73 Å². The van der Waals surface area contributed by atoms with Crippen molar-refractivity contribution in [1.29, 1.82) is 0 Å². The van der Waals surface area contributed by atoms with Crippen molar-refractivity contribution in [3.63, 3.8) is 0 Å². The topological polar surface area (TPSA) is 35.2 Å². The molecule has 0 spiro atoms. The van der Waals surface area contributed by atoms with E-state index < -0.39 is 0 Å². The highest BCUT2D eigenvalue weighted by molar-refractivity contribution is 4.86. The van der Waals surface area contributed by atoms with Gasteiger partial charge in [-0.3, -0.25) is 0 Å². The maximum Gasteiger partial charge on any atom is 0.0588 e. The monoisotopic (exact) mass is 143 g/mol. The zero-order chi connectivity index (χ0) is 7.61. The van der Waals surface area contributed by atoms with Crippen LogP contribution >= 0.6 is 0 Å². The molecule has 0 bridgehead atoms. The van der Waals surface area contributed by atoms with E-state index in [1.165, 1.54) is 12.8 Å². The van der Waals surface area contributed by atoms with Crippen molar-refractivity contribution in [3.05, 3.63) is 0 Å². The molecule has 0 amide bonds. The third kappa shape index (κ3) is 1.96. The van der Waals surface area contributed by atoms with Crippen molar-refractivity contribution in [2.24, 2.45) is 5.73 Å². The Morgan fingerprint density at radius 2 is 2.30 bits per heavy atom. The van der Waals surface area contributed by atoms with Gasteiger partial charge in [-0.15, -0.1) is 0 Å². The van der Waals surface area contributed by atoms with Gasteiger partial charge in [0.2, 0.25) is 0 Å². The van der Waals surface area contributed by atoms with E-state index in [9.17, 15) is 0 Å². The van der Waals surface area contributed by atoms with Crippen molar-refractivity contribution in [2.75, 3.05) is 7.11 Å². The Morgan fingerprint density at radius 3 is 2.70 bits per heavy atom. The van der Waals surface area contributed by atoms with Crippen LogP contribution in [-0.2, 0) is 4.74 Å². The highest BCUT2D eigenvalue weighted by atomic mass is 16.5. The molecule has 2 heteroatoms. The molecule has 10 heavy (non-hydrogen) atoms. The first-order valence-electron chi connectivity index (χ1n) is 3.96. The molecule has 0 unspecified atom stereocenters. The Labute approximate surface area is 62.7 Å². The van der Waals surface area contributed by atoms with E-state index >= 15 is 0 Å². The molecule has 60 valence electrons. The first-order chi connectivity index (χ1) is 4.64. The fourth-order valence-corrected chi connectivity index (χ4v) is 1.66. The summed E-state index contributed by atoms with van der Waals surface area (Å²) >= 11 is 0. The molecule has 0 saturated heterocycles. The Bertz CT molecular complexity index is 112. The highest BCUT2D eigenvalue weighted by Crippen LogP contribution is 2.26. The lowest BCUT2D eigenvalue weighted by molar-refractivity contribution is 0.0459. The Kier molecular flexibility index (Phi) is 2.32. The predicted molar refractivity (Wildman–Crippen MR) is 41.9 cm³/mol. The largest absolute Gasteiger partial charge is 0.381 e. The van der Waals surface area contributed by atoms with Gasteiger partial charge in [-0.05, 0) is 32.6 Å². The molecule has 1 fully saturated rings. The van der Waals surface area contributed by atoms with Crippen molar-refractivity contribution in [2.45, 2.75) is 44.2 Å². The molecule has 1 rings (SSSR count). The van der Waals surface area contributed by atoms with Gasteiger partial charge in [-0.2, -0.15) is 0 Å². The lowest BCUT2D eigenvalue weighted by atomic mass is 9.82. The minimum atomic E-state index is 0.0267. The van der Waals surface area contributed by atoms with Crippen LogP contribution in [0.5, 0.6) is 0 Å². The van der Waals surface area contributed by atoms with Gasteiger partial charge in [0.1, 0.15) is 0 Å². The molecule has 2 atom stereocenters. The maximum absolute atomic E-state index is 5.96. The standard InChI is InChI=1S/C8H17NO/c1-8(9)5-3-4-7(6-8)10-2/h7H,3-6,9H2,1-2H3/t7-,8+/m0/s1. The summed E-state index contributed by atoms with van der Waals surface area (Å²) in [5.41, 5.74) is 5.99. The molecule has 0 aliphatic heterocycles. The number of methoxy groups -OCH3 is 1. The average Bonchev–Trinajstić information content (AvgIpc) is 1.86. The Balaban J connectivity index is 2.40. The van der Waals surface area contributed by atoms with Gasteiger partial charge < -0.3 is 10.5 Å². The summed E-state index contributed by atoms with van der Waals surface area (Å²) in [5.74, 6) is 0. The molecule has 1 aliphatic carbocycles. The zero-order valence-electron chi connectivity index (χ0n) is 6.89. The summed E-state index contributed by atoms with van der Waals surface area (Å²) in [6, 6.07) is 0. The summed E-state index contributed by atoms with van der Waals surface area (Å²) in [6.45, 7) is 2.11. The van der Waals surface area contributed by atoms with Gasteiger partial charge in [0.25, 0.3) is 0 Å². The minimum Gasteiger partial charge on any atom is -0.381 e. The SMILES string of the molecule is CO[C@H]1CCC[C@@](C)(N)C1. The normalized spacial score (nSPS) is 41.7. The van der Waals surface area contributed by atoms with Crippen LogP contribution in [0.2, 0.25) is 0 Å². The van der Waals surface area contributed by atoms with Gasteiger partial charge in [-0.25, -0.2) is 0 Å². The fraction of sp³-hybridized carbons (Fsp3) is 1.00. The molecule has 1 aliphatic rings. The Hall–Kier alpha value is -0.0800. The number of hydrogen-bond donors (Lipinski definition) is 1. The van der Waals surface area contributed by atoms with E-state index in [0.29, 0.717) is 6.10 Å². The molecule has 0 heterocycles. The van der Waals surface area contributed by atoms with Gasteiger partial charge in [0, 0.05) is 12.6 Å². The quantitative estimate of drug-likeness (QED) is 0.600. The second-order valence-corrected chi connectivity index (χ2v) is 3.61. The second-order valence-electron chi connectivity index (χ2n) is 3.61. The fourth-order valence-electron chi connectivity index (χ4n) is 1.66. The van der Waals surface area contributed by atoms with Gasteiger partial charge >= 0.3 is 0 Å². The van der Waals surface area contributed by atoms with Crippen LogP contribution in [-0.4, -0.2) is 18.8 Å². The summed E-state index contributed by atoms with van der Waals surface area (Å²) in [6.07, 6.45) is 4.97. The molecule has 0 aromatic heterocycles. The summed E-state index contributed by atoms with van der Waals surface area (Å²) in [4.78, 5) is 0. The minimum absolute atomic E-state index is 0.0267. The molecule has 2 nitrogen and oxygen atoms in total. The summed E-state index contributed by atoms with van der Waals surface area (Å²) < 4.78 is 5.25. The van der Waals surface area contributed by atoms with E-state index in [4.69, 9.17) is 10.5 Å². The van der Waals surface area contributed by atoms with Crippen LogP contribution in [0.4, 0.5) is 0 Å². The van der Waals surface area contributed by atoms with E-state index in [0.717, 1.165) is 12.8 Å². The first-order valence-corrected chi connectivity index (χ1v) is 3.96. The van der Waals surface area contributed by atoms with Crippen LogP contribution in [0.25, 0.3) is 0 Å². The first kappa shape index (κ1) is 8.02. The maximum atomic E-state index is 5.96. The molecule has 0 aromatic rings. The number of rotatable bonds is 1. The number of nitrogens with two attached hydrogens (primary N) is 1. The highest BCUT2D eigenvalue weighted by Gasteiger charge is 2.27. The van der Waals surface area contributed by atoms with Crippen LogP contribution in [0.15, 0.2) is 0 Å². The van der Waals surface area contributed by atoms with Gasteiger partial charge in [0.15, 0.2) is 0 Å². The van der Waals surface area contributed by atoms with Crippen molar-refractivity contribution in [1.82, 2.24) is 0 Å². The van der Waals surface area contributed by atoms with Crippen LogP contribution in [0.1, 0.15) is 32.6 Å². The molecule has 0 radical (unpaired) electrons. The molecule has 0 aromatic carbocycles. The van der Waals surface area contributed by atoms with E-state index in [-0.39, 0.29) is 5.54 Å². The third-order valence-corrected chi connectivity index (χ3v) is 2.30. The lowest BCUT2D eigenvalue weighted by Gasteiger charge is -2.34. The van der Waals surface area contributed by atoms with E-state index in [1.54, 1.807) is 7.11 Å². The van der Waals surface area contributed by atoms with E-state index in [2.05, 4.69) is 6.92 Å². The smallest absolute Gasteiger partial charge is 0.0588 e.